The molecule has 1 amide bonds. The number of carbonyl (C=O) groups excluding carboxylic acids is 1. The molecule has 1 aromatic carbocycles. The minimum atomic E-state index is -1.64. The van der Waals surface area contributed by atoms with Crippen molar-refractivity contribution in [3.05, 3.63) is 28.8 Å². The van der Waals surface area contributed by atoms with Crippen molar-refractivity contribution in [3.63, 3.8) is 0 Å². The Bertz CT molecular complexity index is 429. The topological polar surface area (TPSA) is 69.6 Å². The summed E-state index contributed by atoms with van der Waals surface area (Å²) in [6.07, 6.45) is 0. The summed E-state index contributed by atoms with van der Waals surface area (Å²) in [6.45, 7) is 5.62. The highest BCUT2D eigenvalue weighted by molar-refractivity contribution is 6.62. The zero-order chi connectivity index (χ0) is 13.2. The molecule has 92 valence electrons. The van der Waals surface area contributed by atoms with Gasteiger partial charge in [-0.1, -0.05) is 17.7 Å². The van der Waals surface area contributed by atoms with E-state index in [0.717, 1.165) is 0 Å². The molecule has 1 aromatic rings. The number of carbonyl (C=O) groups is 1. The first-order valence-electron chi connectivity index (χ1n) is 5.19. The van der Waals surface area contributed by atoms with Crippen molar-refractivity contribution < 1.29 is 14.8 Å². The van der Waals surface area contributed by atoms with Crippen LogP contribution in [0.1, 0.15) is 31.1 Å². The monoisotopic (exact) mass is 255 g/mol. The third kappa shape index (κ3) is 4.04. The Morgan fingerprint density at radius 3 is 2.35 bits per heavy atom. The van der Waals surface area contributed by atoms with Gasteiger partial charge in [0.25, 0.3) is 5.91 Å². The van der Waals surface area contributed by atoms with Gasteiger partial charge >= 0.3 is 7.12 Å². The van der Waals surface area contributed by atoms with Crippen LogP contribution >= 0.6 is 11.6 Å². The predicted octanol–water partition coefficient (Wildman–Crippen LogP) is 0.548. The summed E-state index contributed by atoms with van der Waals surface area (Å²) in [6, 6.07) is 4.34. The van der Waals surface area contributed by atoms with Crippen LogP contribution in [-0.4, -0.2) is 28.6 Å². The number of hydrogen-bond donors (Lipinski definition) is 3. The fourth-order valence-corrected chi connectivity index (χ4v) is 1.57. The highest BCUT2D eigenvalue weighted by atomic mass is 35.5. The maximum atomic E-state index is 11.8. The van der Waals surface area contributed by atoms with Crippen molar-refractivity contribution in [1.29, 1.82) is 0 Å². The second kappa shape index (κ2) is 5.08. The summed E-state index contributed by atoms with van der Waals surface area (Å²) >= 11 is 5.84. The second-order valence-corrected chi connectivity index (χ2v) is 5.22. The fraction of sp³-hybridized carbons (Fsp3) is 0.364. The molecule has 0 aliphatic carbocycles. The zero-order valence-corrected chi connectivity index (χ0v) is 10.7. The van der Waals surface area contributed by atoms with Crippen molar-refractivity contribution in [2.75, 3.05) is 0 Å². The zero-order valence-electron chi connectivity index (χ0n) is 9.99. The molecular formula is C11H15BClNO3. The highest BCUT2D eigenvalue weighted by Crippen LogP contribution is 2.11. The standard InChI is InChI=1S/C11H15BClNO3/c1-11(2,3)14-10(15)7-4-5-8(12(16)17)9(13)6-7/h4-6,16-17H,1-3H3,(H,14,15). The van der Waals surface area contributed by atoms with Crippen molar-refractivity contribution >= 4 is 30.1 Å². The Labute approximate surface area is 106 Å². The molecule has 0 saturated heterocycles. The molecule has 0 saturated carbocycles. The van der Waals surface area contributed by atoms with Gasteiger partial charge in [0.1, 0.15) is 0 Å². The lowest BCUT2D eigenvalue weighted by atomic mass is 9.80. The summed E-state index contributed by atoms with van der Waals surface area (Å²) in [5.41, 5.74) is 0.229. The molecule has 17 heavy (non-hydrogen) atoms. The van der Waals surface area contributed by atoms with Crippen LogP contribution in [0.25, 0.3) is 0 Å². The molecule has 6 heteroatoms. The van der Waals surface area contributed by atoms with Gasteiger partial charge in [-0.2, -0.15) is 0 Å². The first kappa shape index (κ1) is 14.0. The summed E-state index contributed by atoms with van der Waals surface area (Å²) in [5.74, 6) is -0.252. The molecule has 0 aromatic heterocycles. The van der Waals surface area contributed by atoms with Gasteiger partial charge in [0.15, 0.2) is 0 Å². The fourth-order valence-electron chi connectivity index (χ4n) is 1.29. The van der Waals surface area contributed by atoms with Gasteiger partial charge in [0.2, 0.25) is 0 Å². The van der Waals surface area contributed by atoms with Gasteiger partial charge < -0.3 is 15.4 Å². The lowest BCUT2D eigenvalue weighted by Crippen LogP contribution is -2.40. The van der Waals surface area contributed by atoms with Gasteiger partial charge in [-0.3, -0.25) is 4.79 Å². The summed E-state index contributed by atoms with van der Waals surface area (Å²) < 4.78 is 0. The van der Waals surface area contributed by atoms with Crippen molar-refractivity contribution in [2.24, 2.45) is 0 Å². The lowest BCUT2D eigenvalue weighted by Gasteiger charge is -2.20. The predicted molar refractivity (Wildman–Crippen MR) is 68.5 cm³/mol. The second-order valence-electron chi connectivity index (χ2n) is 4.81. The molecule has 0 spiro atoms. The molecule has 0 aliphatic rings. The van der Waals surface area contributed by atoms with Crippen LogP contribution < -0.4 is 10.8 Å². The molecule has 4 nitrogen and oxygen atoms in total. The molecule has 0 fully saturated rings. The highest BCUT2D eigenvalue weighted by Gasteiger charge is 2.19. The normalized spacial score (nSPS) is 11.2. The van der Waals surface area contributed by atoms with E-state index < -0.39 is 7.12 Å². The largest absolute Gasteiger partial charge is 0.489 e. The molecule has 3 N–H and O–H groups in total. The van der Waals surface area contributed by atoms with E-state index in [-0.39, 0.29) is 21.9 Å². The van der Waals surface area contributed by atoms with Crippen LogP contribution in [0.2, 0.25) is 5.02 Å². The number of amides is 1. The first-order chi connectivity index (χ1) is 7.70. The Hall–Kier alpha value is -1.04. The smallest absolute Gasteiger partial charge is 0.423 e. The third-order valence-electron chi connectivity index (χ3n) is 2.03. The van der Waals surface area contributed by atoms with E-state index >= 15 is 0 Å². The van der Waals surface area contributed by atoms with E-state index in [2.05, 4.69) is 5.32 Å². The van der Waals surface area contributed by atoms with Crippen LogP contribution in [-0.2, 0) is 0 Å². The van der Waals surface area contributed by atoms with E-state index in [1.807, 2.05) is 20.8 Å². The molecule has 0 bridgehead atoms. The van der Waals surface area contributed by atoms with E-state index in [1.54, 1.807) is 0 Å². The quantitative estimate of drug-likeness (QED) is 0.676. The van der Waals surface area contributed by atoms with Crippen LogP contribution in [0.4, 0.5) is 0 Å². The average molecular weight is 256 g/mol. The Morgan fingerprint density at radius 1 is 1.35 bits per heavy atom. The minimum Gasteiger partial charge on any atom is -0.423 e. The van der Waals surface area contributed by atoms with Gasteiger partial charge in [0, 0.05) is 21.6 Å². The van der Waals surface area contributed by atoms with Gasteiger partial charge in [-0.25, -0.2) is 0 Å². The first-order valence-corrected chi connectivity index (χ1v) is 5.56. The average Bonchev–Trinajstić information content (AvgIpc) is 2.14. The van der Waals surface area contributed by atoms with Crippen molar-refractivity contribution in [2.45, 2.75) is 26.3 Å². The van der Waals surface area contributed by atoms with Gasteiger partial charge in [-0.05, 0) is 32.9 Å². The summed E-state index contributed by atoms with van der Waals surface area (Å²) in [7, 11) is -1.64. The number of hydrogen-bond acceptors (Lipinski definition) is 3. The maximum absolute atomic E-state index is 11.8. The third-order valence-corrected chi connectivity index (χ3v) is 2.36. The molecule has 0 aliphatic heterocycles. The SMILES string of the molecule is CC(C)(C)NC(=O)c1ccc(B(O)O)c(Cl)c1. The Balaban J connectivity index is 2.94. The molecular weight excluding hydrogens is 240 g/mol. The number of nitrogens with one attached hydrogen (secondary N) is 1. The maximum Gasteiger partial charge on any atom is 0.489 e. The Morgan fingerprint density at radius 2 is 1.94 bits per heavy atom. The number of rotatable bonds is 2. The molecule has 0 unspecified atom stereocenters. The van der Waals surface area contributed by atoms with E-state index in [1.165, 1.54) is 18.2 Å². The molecule has 0 atom stereocenters. The number of halogens is 1. The molecule has 1 rings (SSSR count). The summed E-state index contributed by atoms with van der Waals surface area (Å²) in [5, 5.41) is 20.9. The van der Waals surface area contributed by atoms with Gasteiger partial charge in [0.05, 0.1) is 0 Å². The van der Waals surface area contributed by atoms with Gasteiger partial charge in [-0.15, -0.1) is 0 Å². The van der Waals surface area contributed by atoms with E-state index in [0.29, 0.717) is 5.56 Å². The van der Waals surface area contributed by atoms with E-state index in [9.17, 15) is 4.79 Å². The van der Waals surface area contributed by atoms with Crippen LogP contribution in [0.3, 0.4) is 0 Å². The van der Waals surface area contributed by atoms with E-state index in [4.69, 9.17) is 21.6 Å². The lowest BCUT2D eigenvalue weighted by molar-refractivity contribution is 0.0919. The number of benzene rings is 1. The minimum absolute atomic E-state index is 0.154. The van der Waals surface area contributed by atoms with Crippen LogP contribution in [0.15, 0.2) is 18.2 Å². The molecule has 0 heterocycles. The van der Waals surface area contributed by atoms with Crippen LogP contribution in [0, 0.1) is 0 Å². The Kier molecular flexibility index (Phi) is 4.19. The summed E-state index contributed by atoms with van der Waals surface area (Å²) in [4.78, 5) is 11.8. The van der Waals surface area contributed by atoms with Crippen LogP contribution in [0.5, 0.6) is 0 Å². The van der Waals surface area contributed by atoms with Crippen molar-refractivity contribution in [3.8, 4) is 0 Å². The van der Waals surface area contributed by atoms with Crippen molar-refractivity contribution in [1.82, 2.24) is 5.32 Å². The molecule has 0 radical (unpaired) electrons.